The van der Waals surface area contributed by atoms with Crippen LogP contribution in [-0.4, -0.2) is 11.7 Å². The van der Waals surface area contributed by atoms with E-state index >= 15 is 0 Å². The van der Waals surface area contributed by atoms with Gasteiger partial charge in [0.15, 0.2) is 5.75 Å². The summed E-state index contributed by atoms with van der Waals surface area (Å²) in [7, 11) is 3.24. The molecule has 3 aromatic rings. The predicted molar refractivity (Wildman–Crippen MR) is 114 cm³/mol. The topological polar surface area (TPSA) is 55.3 Å². The molecule has 1 aromatic heterocycles. The molecular formula is C20H20ClN3O2S. The van der Waals surface area contributed by atoms with Crippen molar-refractivity contribution in [3.05, 3.63) is 75.5 Å². The number of pyridine rings is 1. The zero-order valence-corrected chi connectivity index (χ0v) is 16.8. The molecule has 0 saturated carbocycles. The second-order valence-corrected chi connectivity index (χ2v) is 7.25. The maximum Gasteiger partial charge on any atom is 0.255 e. The van der Waals surface area contributed by atoms with Crippen molar-refractivity contribution in [2.24, 2.45) is 7.05 Å². The molecule has 0 bridgehead atoms. The number of aromatic nitrogens is 1. The maximum atomic E-state index is 12.4. The third-order valence-corrected chi connectivity index (χ3v) is 5.14. The minimum Gasteiger partial charge on any atom is -0.494 e. The molecule has 0 saturated heterocycles. The monoisotopic (exact) mass is 401 g/mol. The highest BCUT2D eigenvalue weighted by Crippen LogP contribution is 2.37. The average Bonchev–Trinajstić information content (AvgIpc) is 2.67. The molecule has 5 nitrogen and oxygen atoms in total. The predicted octanol–water partition coefficient (Wildman–Crippen LogP) is 5.22. The smallest absolute Gasteiger partial charge is 0.255 e. The fraction of sp³-hybridized carbons (Fsp3) is 0.150. The van der Waals surface area contributed by atoms with Gasteiger partial charge < -0.3 is 14.8 Å². The van der Waals surface area contributed by atoms with E-state index < -0.39 is 0 Å². The standard InChI is InChI=1S/C20H20ClN3O2S/c1-13-9-10-16(15(21)11-13)22-20-19(17(26-3)12-18(25)24(20)2)23-27-14-7-5-4-6-8-14/h4-12,22-23H,1-3H3. The number of hydrogen-bond acceptors (Lipinski definition) is 5. The van der Waals surface area contributed by atoms with Crippen LogP contribution in [0.2, 0.25) is 5.02 Å². The number of nitrogens with zero attached hydrogens (tertiary/aromatic N) is 1. The lowest BCUT2D eigenvalue weighted by Gasteiger charge is -2.20. The Bertz CT molecular complexity index is 1010. The molecule has 3 rings (SSSR count). The highest BCUT2D eigenvalue weighted by atomic mass is 35.5. The fourth-order valence-electron chi connectivity index (χ4n) is 2.53. The number of nitrogens with one attached hydrogen (secondary N) is 2. The van der Waals surface area contributed by atoms with Gasteiger partial charge in [0.25, 0.3) is 5.56 Å². The summed E-state index contributed by atoms with van der Waals surface area (Å²) in [4.78, 5) is 13.4. The van der Waals surface area contributed by atoms with Gasteiger partial charge in [0.05, 0.1) is 17.8 Å². The van der Waals surface area contributed by atoms with Gasteiger partial charge in [-0.2, -0.15) is 0 Å². The van der Waals surface area contributed by atoms with E-state index in [4.69, 9.17) is 16.3 Å². The number of anilines is 3. The van der Waals surface area contributed by atoms with E-state index in [1.54, 1.807) is 7.05 Å². The Balaban J connectivity index is 2.02. The Kier molecular flexibility index (Phi) is 5.98. The Morgan fingerprint density at radius 3 is 2.52 bits per heavy atom. The Hall–Kier alpha value is -2.57. The van der Waals surface area contributed by atoms with Crippen molar-refractivity contribution in [1.29, 1.82) is 0 Å². The summed E-state index contributed by atoms with van der Waals surface area (Å²) in [6.07, 6.45) is 0. The van der Waals surface area contributed by atoms with Crippen LogP contribution in [0.15, 0.2) is 64.3 Å². The average molecular weight is 402 g/mol. The number of hydrogen-bond donors (Lipinski definition) is 2. The van der Waals surface area contributed by atoms with Crippen molar-refractivity contribution in [2.45, 2.75) is 11.8 Å². The van der Waals surface area contributed by atoms with Crippen LogP contribution >= 0.6 is 23.5 Å². The van der Waals surface area contributed by atoms with Crippen LogP contribution < -0.4 is 20.3 Å². The van der Waals surface area contributed by atoms with Crippen molar-refractivity contribution in [1.82, 2.24) is 4.57 Å². The molecule has 2 aromatic carbocycles. The molecule has 2 N–H and O–H groups in total. The van der Waals surface area contributed by atoms with Gasteiger partial charge >= 0.3 is 0 Å². The van der Waals surface area contributed by atoms with Gasteiger partial charge in [0, 0.05) is 18.0 Å². The van der Waals surface area contributed by atoms with Crippen LogP contribution in [0.1, 0.15) is 5.56 Å². The minimum absolute atomic E-state index is 0.187. The third kappa shape index (κ3) is 4.40. The van der Waals surface area contributed by atoms with Gasteiger partial charge in [-0.05, 0) is 48.7 Å². The van der Waals surface area contributed by atoms with Crippen molar-refractivity contribution in [3.63, 3.8) is 0 Å². The third-order valence-electron chi connectivity index (χ3n) is 4.02. The van der Waals surface area contributed by atoms with E-state index in [-0.39, 0.29) is 5.56 Å². The van der Waals surface area contributed by atoms with Crippen molar-refractivity contribution in [3.8, 4) is 5.75 Å². The first-order valence-corrected chi connectivity index (χ1v) is 9.48. The summed E-state index contributed by atoms with van der Waals surface area (Å²) < 4.78 is 10.3. The number of aryl methyl sites for hydroxylation is 1. The lowest BCUT2D eigenvalue weighted by molar-refractivity contribution is 0.415. The Labute approximate surface area is 167 Å². The molecule has 0 aliphatic heterocycles. The summed E-state index contributed by atoms with van der Waals surface area (Å²) in [5.74, 6) is 1.01. The number of halogens is 1. The van der Waals surface area contributed by atoms with E-state index in [1.165, 1.54) is 29.7 Å². The summed E-state index contributed by atoms with van der Waals surface area (Å²) in [5, 5.41) is 3.84. The SMILES string of the molecule is COc1cc(=O)n(C)c(Nc2ccc(C)cc2Cl)c1NSc1ccccc1. The first-order valence-electron chi connectivity index (χ1n) is 8.28. The van der Waals surface area contributed by atoms with Gasteiger partial charge in [-0.3, -0.25) is 9.36 Å². The Morgan fingerprint density at radius 2 is 1.85 bits per heavy atom. The molecule has 0 spiro atoms. The molecule has 27 heavy (non-hydrogen) atoms. The van der Waals surface area contributed by atoms with E-state index in [9.17, 15) is 4.79 Å². The summed E-state index contributed by atoms with van der Waals surface area (Å²) in [6, 6.07) is 17.0. The number of methoxy groups -OCH3 is 1. The number of ether oxygens (including phenoxy) is 1. The van der Waals surface area contributed by atoms with Crippen LogP contribution in [0, 0.1) is 6.92 Å². The van der Waals surface area contributed by atoms with Crippen LogP contribution in [0.5, 0.6) is 5.75 Å². The first kappa shape index (κ1) is 19.2. The molecule has 0 unspecified atom stereocenters. The quantitative estimate of drug-likeness (QED) is 0.554. The van der Waals surface area contributed by atoms with Crippen LogP contribution in [0.25, 0.3) is 0 Å². The zero-order chi connectivity index (χ0) is 19.4. The second-order valence-electron chi connectivity index (χ2n) is 5.96. The van der Waals surface area contributed by atoms with Gasteiger partial charge in [0.1, 0.15) is 11.5 Å². The van der Waals surface area contributed by atoms with Crippen LogP contribution in [0.3, 0.4) is 0 Å². The zero-order valence-electron chi connectivity index (χ0n) is 15.2. The number of rotatable bonds is 6. The molecular weight excluding hydrogens is 382 g/mol. The second kappa shape index (κ2) is 8.41. The van der Waals surface area contributed by atoms with Crippen LogP contribution in [-0.2, 0) is 7.05 Å². The highest BCUT2D eigenvalue weighted by molar-refractivity contribution is 8.00. The lowest BCUT2D eigenvalue weighted by Crippen LogP contribution is -2.20. The normalized spacial score (nSPS) is 10.5. The first-order chi connectivity index (χ1) is 13.0. The Morgan fingerprint density at radius 1 is 1.11 bits per heavy atom. The maximum absolute atomic E-state index is 12.4. The van der Waals surface area contributed by atoms with E-state index in [0.717, 1.165) is 10.5 Å². The fourth-order valence-corrected chi connectivity index (χ4v) is 3.52. The van der Waals surface area contributed by atoms with Gasteiger partial charge in [-0.25, -0.2) is 0 Å². The molecule has 140 valence electrons. The number of benzene rings is 2. The molecule has 0 radical (unpaired) electrons. The van der Waals surface area contributed by atoms with E-state index in [1.807, 2.05) is 55.5 Å². The van der Waals surface area contributed by atoms with Crippen LogP contribution in [0.4, 0.5) is 17.2 Å². The van der Waals surface area contributed by atoms with Crippen molar-refractivity contribution in [2.75, 3.05) is 17.1 Å². The van der Waals surface area contributed by atoms with Gasteiger partial charge in [-0.1, -0.05) is 35.9 Å². The van der Waals surface area contributed by atoms with Gasteiger partial charge in [0.2, 0.25) is 0 Å². The summed E-state index contributed by atoms with van der Waals surface area (Å²) in [5.41, 5.74) is 2.24. The largest absolute Gasteiger partial charge is 0.494 e. The summed E-state index contributed by atoms with van der Waals surface area (Å²) >= 11 is 7.79. The molecule has 7 heteroatoms. The van der Waals surface area contributed by atoms with Gasteiger partial charge in [-0.15, -0.1) is 0 Å². The van der Waals surface area contributed by atoms with E-state index in [2.05, 4.69) is 10.0 Å². The minimum atomic E-state index is -0.187. The highest BCUT2D eigenvalue weighted by Gasteiger charge is 2.16. The summed E-state index contributed by atoms with van der Waals surface area (Å²) in [6.45, 7) is 1.97. The molecule has 0 aliphatic carbocycles. The molecule has 0 aliphatic rings. The van der Waals surface area contributed by atoms with Crippen molar-refractivity contribution >= 4 is 40.7 Å². The lowest BCUT2D eigenvalue weighted by atomic mass is 10.2. The molecule has 1 heterocycles. The molecule has 0 amide bonds. The van der Waals surface area contributed by atoms with Crippen molar-refractivity contribution < 1.29 is 4.74 Å². The molecule has 0 fully saturated rings. The molecule has 0 atom stereocenters. The van der Waals surface area contributed by atoms with E-state index in [0.29, 0.717) is 28.0 Å².